The molecular formula is C19H21NO3S. The van der Waals surface area contributed by atoms with Gasteiger partial charge in [-0.3, -0.25) is 4.79 Å². The molecule has 0 aliphatic carbocycles. The predicted octanol–water partition coefficient (Wildman–Crippen LogP) is 4.72. The molecule has 5 heteroatoms. The lowest BCUT2D eigenvalue weighted by Gasteiger charge is -2.09. The molecule has 2 aromatic rings. The average Bonchev–Trinajstić information content (AvgIpc) is 2.91. The fourth-order valence-corrected chi connectivity index (χ4v) is 3.34. The summed E-state index contributed by atoms with van der Waals surface area (Å²) in [6.07, 6.45) is 1.50. The van der Waals surface area contributed by atoms with Gasteiger partial charge in [0.2, 0.25) is 5.91 Å². The molecule has 0 bridgehead atoms. The molecule has 4 nitrogen and oxygen atoms in total. The van der Waals surface area contributed by atoms with Crippen LogP contribution in [-0.2, 0) is 9.53 Å². The highest BCUT2D eigenvalue weighted by molar-refractivity contribution is 7.15. The van der Waals surface area contributed by atoms with Gasteiger partial charge in [-0.2, -0.15) is 0 Å². The quantitative estimate of drug-likeness (QED) is 0.645. The number of carbonyl (C=O) groups excluding carboxylic acids is 2. The SMILES string of the molecule is COC(=O)c1c(-c2cc(C)ccc2C)csc1NC(=O)C=C(C)C. The summed E-state index contributed by atoms with van der Waals surface area (Å²) >= 11 is 1.32. The Balaban J connectivity index is 2.54. The first-order chi connectivity index (χ1) is 11.3. The lowest BCUT2D eigenvalue weighted by atomic mass is 9.97. The number of hydrogen-bond acceptors (Lipinski definition) is 4. The van der Waals surface area contributed by atoms with Crippen LogP contribution in [0.1, 0.15) is 35.3 Å². The zero-order valence-electron chi connectivity index (χ0n) is 14.5. The van der Waals surface area contributed by atoms with Crippen LogP contribution in [0.25, 0.3) is 11.1 Å². The second-order valence-corrected chi connectivity index (χ2v) is 6.75. The van der Waals surface area contributed by atoms with Crippen molar-refractivity contribution in [3.05, 3.63) is 51.9 Å². The number of amides is 1. The van der Waals surface area contributed by atoms with Gasteiger partial charge in [0.25, 0.3) is 0 Å². The van der Waals surface area contributed by atoms with E-state index in [4.69, 9.17) is 4.74 Å². The van der Waals surface area contributed by atoms with Gasteiger partial charge in [-0.1, -0.05) is 29.3 Å². The van der Waals surface area contributed by atoms with Crippen LogP contribution in [0.4, 0.5) is 5.00 Å². The monoisotopic (exact) mass is 343 g/mol. The van der Waals surface area contributed by atoms with E-state index < -0.39 is 5.97 Å². The van der Waals surface area contributed by atoms with Crippen LogP contribution in [0.3, 0.4) is 0 Å². The Morgan fingerprint density at radius 3 is 2.50 bits per heavy atom. The van der Waals surface area contributed by atoms with Crippen molar-refractivity contribution in [2.75, 3.05) is 12.4 Å². The van der Waals surface area contributed by atoms with Crippen molar-refractivity contribution >= 4 is 28.2 Å². The third-order valence-electron chi connectivity index (χ3n) is 3.52. The molecule has 2 rings (SSSR count). The van der Waals surface area contributed by atoms with Gasteiger partial charge in [0.15, 0.2) is 0 Å². The predicted molar refractivity (Wildman–Crippen MR) is 98.6 cm³/mol. The number of aryl methyl sites for hydroxylation is 2. The molecule has 0 aliphatic heterocycles. The van der Waals surface area contributed by atoms with E-state index in [1.165, 1.54) is 24.5 Å². The number of nitrogens with one attached hydrogen (secondary N) is 1. The molecule has 0 atom stereocenters. The second kappa shape index (κ2) is 7.45. The Kier molecular flexibility index (Phi) is 5.57. The molecule has 0 saturated heterocycles. The van der Waals surface area contributed by atoms with E-state index in [1.807, 2.05) is 51.3 Å². The molecule has 1 heterocycles. The van der Waals surface area contributed by atoms with Gasteiger partial charge in [-0.15, -0.1) is 11.3 Å². The number of hydrogen-bond donors (Lipinski definition) is 1. The van der Waals surface area contributed by atoms with Gasteiger partial charge in [0.1, 0.15) is 10.6 Å². The summed E-state index contributed by atoms with van der Waals surface area (Å²) < 4.78 is 4.93. The van der Waals surface area contributed by atoms with Gasteiger partial charge in [-0.05, 0) is 38.8 Å². The molecule has 0 spiro atoms. The number of methoxy groups -OCH3 is 1. The maximum absolute atomic E-state index is 12.3. The van der Waals surface area contributed by atoms with Crippen molar-refractivity contribution in [2.24, 2.45) is 0 Å². The normalized spacial score (nSPS) is 10.2. The molecule has 0 radical (unpaired) electrons. The van der Waals surface area contributed by atoms with E-state index in [0.717, 1.165) is 27.8 Å². The number of carbonyl (C=O) groups is 2. The first-order valence-corrected chi connectivity index (χ1v) is 8.44. The second-order valence-electron chi connectivity index (χ2n) is 5.87. The van der Waals surface area contributed by atoms with Crippen molar-refractivity contribution in [1.29, 1.82) is 0 Å². The van der Waals surface area contributed by atoms with Crippen LogP contribution in [0.5, 0.6) is 0 Å². The van der Waals surface area contributed by atoms with Crippen molar-refractivity contribution in [3.63, 3.8) is 0 Å². The molecule has 1 aromatic carbocycles. The third-order valence-corrected chi connectivity index (χ3v) is 4.42. The van der Waals surface area contributed by atoms with Crippen LogP contribution in [0, 0.1) is 13.8 Å². The van der Waals surface area contributed by atoms with Crippen molar-refractivity contribution in [2.45, 2.75) is 27.7 Å². The van der Waals surface area contributed by atoms with Gasteiger partial charge < -0.3 is 10.1 Å². The highest BCUT2D eigenvalue weighted by Crippen LogP contribution is 2.37. The minimum Gasteiger partial charge on any atom is -0.465 e. The summed E-state index contributed by atoms with van der Waals surface area (Å²) in [7, 11) is 1.34. The Morgan fingerprint density at radius 1 is 1.17 bits per heavy atom. The Labute approximate surface area is 146 Å². The summed E-state index contributed by atoms with van der Waals surface area (Å²) in [6, 6.07) is 6.08. The largest absolute Gasteiger partial charge is 0.465 e. The van der Waals surface area contributed by atoms with Crippen LogP contribution >= 0.6 is 11.3 Å². The number of rotatable bonds is 4. The zero-order valence-corrected chi connectivity index (χ0v) is 15.3. The molecule has 126 valence electrons. The summed E-state index contributed by atoms with van der Waals surface area (Å²) in [5.41, 5.74) is 5.19. The van der Waals surface area contributed by atoms with Crippen LogP contribution in [0.2, 0.25) is 0 Å². The van der Waals surface area contributed by atoms with E-state index in [0.29, 0.717) is 10.6 Å². The summed E-state index contributed by atoms with van der Waals surface area (Å²) in [6.45, 7) is 7.69. The average molecular weight is 343 g/mol. The fraction of sp³-hybridized carbons (Fsp3) is 0.263. The molecule has 0 fully saturated rings. The number of ether oxygens (including phenoxy) is 1. The summed E-state index contributed by atoms with van der Waals surface area (Å²) in [4.78, 5) is 24.3. The maximum atomic E-state index is 12.3. The Morgan fingerprint density at radius 2 is 1.88 bits per heavy atom. The lowest BCUT2D eigenvalue weighted by Crippen LogP contribution is -2.12. The van der Waals surface area contributed by atoms with Crippen molar-refractivity contribution in [1.82, 2.24) is 0 Å². The molecule has 1 N–H and O–H groups in total. The van der Waals surface area contributed by atoms with Gasteiger partial charge in [-0.25, -0.2) is 4.79 Å². The molecule has 1 amide bonds. The number of benzene rings is 1. The smallest absolute Gasteiger partial charge is 0.341 e. The maximum Gasteiger partial charge on any atom is 0.341 e. The fourth-order valence-electron chi connectivity index (χ4n) is 2.39. The van der Waals surface area contributed by atoms with Gasteiger partial charge in [0.05, 0.1) is 7.11 Å². The Bertz CT molecular complexity index is 814. The van der Waals surface area contributed by atoms with E-state index in [2.05, 4.69) is 5.32 Å². The molecule has 0 unspecified atom stereocenters. The highest BCUT2D eigenvalue weighted by Gasteiger charge is 2.22. The third kappa shape index (κ3) is 3.92. The minimum absolute atomic E-state index is 0.255. The van der Waals surface area contributed by atoms with Crippen LogP contribution in [0.15, 0.2) is 35.2 Å². The number of anilines is 1. The molecular weight excluding hydrogens is 322 g/mol. The first kappa shape index (κ1) is 17.9. The molecule has 0 aliphatic rings. The standard InChI is InChI=1S/C19H21NO3S/c1-11(2)8-16(21)20-18-17(19(22)23-5)15(10-24-18)14-9-12(3)6-7-13(14)4/h6-10H,1-5H3,(H,20,21). The zero-order chi connectivity index (χ0) is 17.9. The number of allylic oxidation sites excluding steroid dienone is 1. The summed E-state index contributed by atoms with van der Waals surface area (Å²) in [5, 5.41) is 5.17. The molecule has 24 heavy (non-hydrogen) atoms. The van der Waals surface area contributed by atoms with E-state index >= 15 is 0 Å². The van der Waals surface area contributed by atoms with E-state index in [1.54, 1.807) is 0 Å². The topological polar surface area (TPSA) is 55.4 Å². The summed E-state index contributed by atoms with van der Waals surface area (Å²) in [5.74, 6) is -0.714. The van der Waals surface area contributed by atoms with Gasteiger partial charge >= 0.3 is 5.97 Å². The number of thiophene rings is 1. The minimum atomic E-state index is -0.459. The van der Waals surface area contributed by atoms with Gasteiger partial charge in [0, 0.05) is 17.0 Å². The van der Waals surface area contributed by atoms with E-state index in [9.17, 15) is 9.59 Å². The van der Waals surface area contributed by atoms with Crippen LogP contribution in [-0.4, -0.2) is 19.0 Å². The molecule has 1 aromatic heterocycles. The Hall–Kier alpha value is -2.40. The van der Waals surface area contributed by atoms with E-state index in [-0.39, 0.29) is 5.91 Å². The van der Waals surface area contributed by atoms with Crippen LogP contribution < -0.4 is 5.32 Å². The highest BCUT2D eigenvalue weighted by atomic mass is 32.1. The first-order valence-electron chi connectivity index (χ1n) is 7.56. The van der Waals surface area contributed by atoms with Crippen molar-refractivity contribution < 1.29 is 14.3 Å². The molecule has 0 saturated carbocycles. The lowest BCUT2D eigenvalue weighted by molar-refractivity contribution is -0.111. The number of esters is 1. The van der Waals surface area contributed by atoms with Crippen molar-refractivity contribution in [3.8, 4) is 11.1 Å².